The van der Waals surface area contributed by atoms with Crippen LogP contribution in [0.4, 0.5) is 10.1 Å². The van der Waals surface area contributed by atoms with E-state index >= 15 is 0 Å². The van der Waals surface area contributed by atoms with Gasteiger partial charge in [-0.1, -0.05) is 19.4 Å². The van der Waals surface area contributed by atoms with Crippen molar-refractivity contribution >= 4 is 17.5 Å². The minimum atomic E-state index is -0.418. The van der Waals surface area contributed by atoms with E-state index in [9.17, 15) is 14.0 Å². The van der Waals surface area contributed by atoms with Gasteiger partial charge in [0.05, 0.1) is 23.2 Å². The number of benzene rings is 1. The molecule has 0 bridgehead atoms. The largest absolute Gasteiger partial charge is 0.366 e. The molecular formula is C21H25FN4O2. The fourth-order valence-corrected chi connectivity index (χ4v) is 4.08. The second kappa shape index (κ2) is 8.87. The highest BCUT2D eigenvalue weighted by molar-refractivity contribution is 5.88. The summed E-state index contributed by atoms with van der Waals surface area (Å²) in [6.45, 7) is 5.57. The Balaban J connectivity index is 1.62. The number of anilines is 1. The number of nitrogens with one attached hydrogen (secondary N) is 1. The molecular weight excluding hydrogens is 359 g/mol. The first-order chi connectivity index (χ1) is 13.5. The van der Waals surface area contributed by atoms with Crippen LogP contribution in [0.5, 0.6) is 0 Å². The highest BCUT2D eigenvalue weighted by Gasteiger charge is 2.35. The third-order valence-corrected chi connectivity index (χ3v) is 5.61. The number of halogens is 1. The Labute approximate surface area is 164 Å². The molecule has 1 saturated carbocycles. The Morgan fingerprint density at radius 3 is 2.57 bits per heavy atom. The van der Waals surface area contributed by atoms with Crippen LogP contribution in [0.1, 0.15) is 31.2 Å². The summed E-state index contributed by atoms with van der Waals surface area (Å²) in [5, 5.41) is 11.8. The number of carbonyl (C=O) groups is 2. The average Bonchev–Trinajstić information content (AvgIpc) is 2.73. The maximum atomic E-state index is 14.3. The molecule has 1 aromatic carbocycles. The fraction of sp³-hybridized carbons (Fsp3) is 0.476. The Bertz CT molecular complexity index is 796. The van der Waals surface area contributed by atoms with Crippen LogP contribution in [0.3, 0.4) is 0 Å². The number of carbonyl (C=O) groups excluding carboxylic acids is 2. The van der Waals surface area contributed by atoms with Crippen LogP contribution in [0.2, 0.25) is 0 Å². The van der Waals surface area contributed by atoms with Crippen LogP contribution < -0.4 is 10.2 Å². The van der Waals surface area contributed by atoms with Crippen molar-refractivity contribution in [1.82, 2.24) is 10.2 Å². The van der Waals surface area contributed by atoms with E-state index in [-0.39, 0.29) is 23.8 Å². The lowest BCUT2D eigenvalue weighted by Gasteiger charge is -2.40. The molecule has 0 spiro atoms. The SMILES string of the molecule is C=CC(=O)N[C@@H]1CCCC[C@@H]1C(=O)N1CCN(c2ccc(C#N)cc2F)CC1. The summed E-state index contributed by atoms with van der Waals surface area (Å²) >= 11 is 0. The standard InChI is InChI=1S/C21H25FN4O2/c1-2-20(27)24-18-6-4-3-5-16(18)21(28)26-11-9-25(10-12-26)19-8-7-15(14-23)13-17(19)22/h2,7-8,13,16,18H,1,3-6,9-12H2,(H,24,27)/t16-,18+/m0/s1. The summed E-state index contributed by atoms with van der Waals surface area (Å²) in [5.74, 6) is -0.811. The van der Waals surface area contributed by atoms with Crippen molar-refractivity contribution in [1.29, 1.82) is 5.26 Å². The number of nitriles is 1. The number of piperazine rings is 1. The third kappa shape index (κ3) is 4.33. The fourth-order valence-electron chi connectivity index (χ4n) is 4.08. The molecule has 2 fully saturated rings. The molecule has 2 atom stereocenters. The predicted octanol–water partition coefficient (Wildman–Crippen LogP) is 2.21. The van der Waals surface area contributed by atoms with E-state index in [1.165, 1.54) is 12.1 Å². The molecule has 0 radical (unpaired) electrons. The summed E-state index contributed by atoms with van der Waals surface area (Å²) in [5.41, 5.74) is 0.750. The van der Waals surface area contributed by atoms with Gasteiger partial charge in [0.15, 0.2) is 0 Å². The van der Waals surface area contributed by atoms with E-state index in [2.05, 4.69) is 11.9 Å². The van der Waals surface area contributed by atoms with Gasteiger partial charge in [-0.05, 0) is 37.1 Å². The van der Waals surface area contributed by atoms with Gasteiger partial charge in [0.1, 0.15) is 5.82 Å². The van der Waals surface area contributed by atoms with Crippen molar-refractivity contribution in [2.75, 3.05) is 31.1 Å². The first-order valence-electron chi connectivity index (χ1n) is 9.70. The average molecular weight is 384 g/mol. The number of amides is 2. The third-order valence-electron chi connectivity index (χ3n) is 5.61. The second-order valence-electron chi connectivity index (χ2n) is 7.30. The van der Waals surface area contributed by atoms with Crippen LogP contribution in [0.15, 0.2) is 30.9 Å². The molecule has 2 aliphatic rings. The quantitative estimate of drug-likeness (QED) is 0.808. The van der Waals surface area contributed by atoms with Gasteiger partial charge >= 0.3 is 0 Å². The maximum Gasteiger partial charge on any atom is 0.243 e. The summed E-state index contributed by atoms with van der Waals surface area (Å²) in [6.07, 6.45) is 4.78. The van der Waals surface area contributed by atoms with Crippen LogP contribution in [0, 0.1) is 23.1 Å². The van der Waals surface area contributed by atoms with Crippen LogP contribution in [0.25, 0.3) is 0 Å². The van der Waals surface area contributed by atoms with Gasteiger partial charge in [0.25, 0.3) is 0 Å². The monoisotopic (exact) mass is 384 g/mol. The molecule has 6 nitrogen and oxygen atoms in total. The lowest BCUT2D eigenvalue weighted by Crippen LogP contribution is -2.54. The van der Waals surface area contributed by atoms with E-state index in [0.717, 1.165) is 25.7 Å². The lowest BCUT2D eigenvalue weighted by atomic mass is 9.83. The molecule has 1 saturated heterocycles. The van der Waals surface area contributed by atoms with E-state index in [1.807, 2.05) is 15.9 Å². The molecule has 2 amide bonds. The first-order valence-corrected chi connectivity index (χ1v) is 9.70. The summed E-state index contributed by atoms with van der Waals surface area (Å²) in [6, 6.07) is 6.24. The molecule has 7 heteroatoms. The van der Waals surface area contributed by atoms with Crippen molar-refractivity contribution in [2.45, 2.75) is 31.7 Å². The second-order valence-corrected chi connectivity index (χ2v) is 7.30. The van der Waals surface area contributed by atoms with Crippen molar-refractivity contribution in [3.05, 3.63) is 42.2 Å². The molecule has 28 heavy (non-hydrogen) atoms. The highest BCUT2D eigenvalue weighted by Crippen LogP contribution is 2.28. The van der Waals surface area contributed by atoms with Gasteiger partial charge in [-0.15, -0.1) is 0 Å². The van der Waals surface area contributed by atoms with Gasteiger partial charge in [0.2, 0.25) is 11.8 Å². The van der Waals surface area contributed by atoms with Crippen molar-refractivity contribution < 1.29 is 14.0 Å². The molecule has 1 heterocycles. The van der Waals surface area contributed by atoms with Gasteiger partial charge in [-0.2, -0.15) is 5.26 Å². The van der Waals surface area contributed by atoms with Gasteiger partial charge in [-0.3, -0.25) is 9.59 Å². The number of hydrogen-bond donors (Lipinski definition) is 1. The number of hydrogen-bond acceptors (Lipinski definition) is 4. The molecule has 1 N–H and O–H groups in total. The van der Waals surface area contributed by atoms with Crippen molar-refractivity contribution in [3.8, 4) is 6.07 Å². The minimum Gasteiger partial charge on any atom is -0.366 e. The van der Waals surface area contributed by atoms with Crippen molar-refractivity contribution in [3.63, 3.8) is 0 Å². The molecule has 0 aromatic heterocycles. The number of nitrogens with zero attached hydrogens (tertiary/aromatic N) is 3. The summed E-state index contributed by atoms with van der Waals surface area (Å²) in [7, 11) is 0. The van der Waals surface area contributed by atoms with Crippen LogP contribution >= 0.6 is 0 Å². The topological polar surface area (TPSA) is 76.4 Å². The van der Waals surface area contributed by atoms with Crippen molar-refractivity contribution in [2.24, 2.45) is 5.92 Å². The van der Waals surface area contributed by atoms with E-state index in [1.54, 1.807) is 12.1 Å². The highest BCUT2D eigenvalue weighted by atomic mass is 19.1. The molecule has 1 aliphatic heterocycles. The normalized spacial score (nSPS) is 22.3. The zero-order valence-corrected chi connectivity index (χ0v) is 15.9. The predicted molar refractivity (Wildman–Crippen MR) is 104 cm³/mol. The Kier molecular flexibility index (Phi) is 6.30. The molecule has 1 aromatic rings. The van der Waals surface area contributed by atoms with Gasteiger partial charge in [0, 0.05) is 32.2 Å². The Morgan fingerprint density at radius 2 is 1.93 bits per heavy atom. The van der Waals surface area contributed by atoms with E-state index in [0.29, 0.717) is 37.4 Å². The number of rotatable bonds is 4. The minimum absolute atomic E-state index is 0.0639. The summed E-state index contributed by atoms with van der Waals surface area (Å²) < 4.78 is 14.3. The smallest absolute Gasteiger partial charge is 0.243 e. The van der Waals surface area contributed by atoms with Crippen LogP contribution in [-0.2, 0) is 9.59 Å². The molecule has 3 rings (SSSR count). The molecule has 0 unspecified atom stereocenters. The summed E-state index contributed by atoms with van der Waals surface area (Å²) in [4.78, 5) is 28.5. The molecule has 1 aliphatic carbocycles. The van der Waals surface area contributed by atoms with E-state index in [4.69, 9.17) is 5.26 Å². The Hall–Kier alpha value is -2.88. The maximum absolute atomic E-state index is 14.3. The van der Waals surface area contributed by atoms with Crippen LogP contribution in [-0.4, -0.2) is 48.9 Å². The zero-order valence-electron chi connectivity index (χ0n) is 15.9. The van der Waals surface area contributed by atoms with Gasteiger partial charge in [-0.25, -0.2) is 4.39 Å². The Morgan fingerprint density at radius 1 is 1.21 bits per heavy atom. The zero-order chi connectivity index (χ0) is 20.1. The van der Waals surface area contributed by atoms with E-state index < -0.39 is 5.82 Å². The van der Waals surface area contributed by atoms with Gasteiger partial charge < -0.3 is 15.1 Å². The first kappa shape index (κ1) is 19.9. The molecule has 148 valence electrons. The lowest BCUT2D eigenvalue weighted by molar-refractivity contribution is -0.138.